The van der Waals surface area contributed by atoms with E-state index in [1.54, 1.807) is 0 Å². The number of nitrogens with one attached hydrogen (secondary N) is 1. The second kappa shape index (κ2) is 4.22. The molecule has 1 unspecified atom stereocenters. The van der Waals surface area contributed by atoms with Crippen LogP contribution in [0.25, 0.3) is 5.52 Å². The normalized spacial score (nSPS) is 17.7. The second-order valence-electron chi connectivity index (χ2n) is 6.66. The first-order chi connectivity index (χ1) is 8.95. The van der Waals surface area contributed by atoms with Gasteiger partial charge in [-0.1, -0.05) is 20.8 Å². The van der Waals surface area contributed by atoms with E-state index < -0.39 is 0 Å². The molecule has 19 heavy (non-hydrogen) atoms. The van der Waals surface area contributed by atoms with Crippen molar-refractivity contribution >= 4 is 11.3 Å². The summed E-state index contributed by atoms with van der Waals surface area (Å²) in [5.41, 5.74) is 2.23. The quantitative estimate of drug-likeness (QED) is 0.919. The Morgan fingerprint density at radius 2 is 2.11 bits per heavy atom. The highest BCUT2D eigenvalue weighted by atomic mass is 15.2. The minimum Gasteiger partial charge on any atom is -0.366 e. The van der Waals surface area contributed by atoms with Crippen LogP contribution in [0.4, 0.5) is 5.82 Å². The molecule has 2 aromatic heterocycles. The molecule has 0 aliphatic heterocycles. The van der Waals surface area contributed by atoms with Gasteiger partial charge in [-0.2, -0.15) is 5.10 Å². The molecule has 0 bridgehead atoms. The third-order valence-corrected chi connectivity index (χ3v) is 3.85. The van der Waals surface area contributed by atoms with Gasteiger partial charge >= 0.3 is 0 Å². The lowest BCUT2D eigenvalue weighted by molar-refractivity contribution is 0.562. The topological polar surface area (TPSA) is 42.2 Å². The van der Waals surface area contributed by atoms with Crippen LogP contribution in [-0.2, 0) is 5.41 Å². The summed E-state index contributed by atoms with van der Waals surface area (Å²) in [4.78, 5) is 4.48. The third kappa shape index (κ3) is 2.44. The molecule has 1 aliphatic carbocycles. The summed E-state index contributed by atoms with van der Waals surface area (Å²) < 4.78 is 1.93. The number of hydrogen-bond donors (Lipinski definition) is 1. The summed E-state index contributed by atoms with van der Waals surface area (Å²) in [6.07, 6.45) is 6.40. The van der Waals surface area contributed by atoms with E-state index in [4.69, 9.17) is 0 Å². The van der Waals surface area contributed by atoms with E-state index in [2.05, 4.69) is 49.2 Å². The number of fused-ring (bicyclic) bond motifs is 1. The molecule has 1 aliphatic rings. The van der Waals surface area contributed by atoms with Crippen molar-refractivity contribution < 1.29 is 0 Å². The maximum absolute atomic E-state index is 4.65. The van der Waals surface area contributed by atoms with Crippen LogP contribution in [0.1, 0.15) is 46.2 Å². The highest BCUT2D eigenvalue weighted by Gasteiger charge is 2.28. The number of rotatable bonds is 3. The largest absolute Gasteiger partial charge is 0.366 e. The van der Waals surface area contributed by atoms with Gasteiger partial charge in [-0.3, -0.25) is 0 Å². The molecule has 2 heterocycles. The third-order valence-electron chi connectivity index (χ3n) is 3.85. The molecular formula is C15H22N4. The van der Waals surface area contributed by atoms with Crippen molar-refractivity contribution in [2.45, 2.75) is 52.0 Å². The van der Waals surface area contributed by atoms with Crippen LogP contribution < -0.4 is 5.32 Å². The van der Waals surface area contributed by atoms with Crippen molar-refractivity contribution in [3.05, 3.63) is 24.2 Å². The van der Waals surface area contributed by atoms with Gasteiger partial charge in [0.15, 0.2) is 5.82 Å². The van der Waals surface area contributed by atoms with E-state index in [-0.39, 0.29) is 5.41 Å². The van der Waals surface area contributed by atoms with E-state index in [1.807, 2.05) is 16.9 Å². The summed E-state index contributed by atoms with van der Waals surface area (Å²) in [7, 11) is 0. The zero-order valence-electron chi connectivity index (χ0n) is 12.1. The fourth-order valence-electron chi connectivity index (χ4n) is 2.33. The highest BCUT2D eigenvalue weighted by molar-refractivity contribution is 5.68. The van der Waals surface area contributed by atoms with E-state index in [1.165, 1.54) is 12.8 Å². The van der Waals surface area contributed by atoms with Crippen LogP contribution in [0.5, 0.6) is 0 Å². The van der Waals surface area contributed by atoms with Gasteiger partial charge in [0.2, 0.25) is 0 Å². The van der Waals surface area contributed by atoms with Gasteiger partial charge in [0.05, 0.1) is 5.69 Å². The maximum Gasteiger partial charge on any atom is 0.152 e. The SMILES string of the molecule is CC(Nc1nccn2nc(C(C)(C)C)cc12)C1CC1. The van der Waals surface area contributed by atoms with Crippen LogP contribution in [0.3, 0.4) is 0 Å². The molecular weight excluding hydrogens is 236 g/mol. The van der Waals surface area contributed by atoms with Gasteiger partial charge in [-0.25, -0.2) is 9.50 Å². The molecule has 0 aromatic carbocycles. The van der Waals surface area contributed by atoms with Gasteiger partial charge < -0.3 is 5.32 Å². The van der Waals surface area contributed by atoms with Crippen molar-refractivity contribution in [1.82, 2.24) is 14.6 Å². The molecule has 0 amide bonds. The molecule has 3 rings (SSSR count). The summed E-state index contributed by atoms with van der Waals surface area (Å²) in [6.45, 7) is 8.79. The molecule has 1 fully saturated rings. The minimum atomic E-state index is 0.0609. The fourth-order valence-corrected chi connectivity index (χ4v) is 2.33. The van der Waals surface area contributed by atoms with Crippen molar-refractivity contribution in [3.8, 4) is 0 Å². The number of nitrogens with zero attached hydrogens (tertiary/aromatic N) is 3. The van der Waals surface area contributed by atoms with Crippen LogP contribution in [0, 0.1) is 5.92 Å². The lowest BCUT2D eigenvalue weighted by Gasteiger charge is -2.14. The van der Waals surface area contributed by atoms with Gasteiger partial charge in [-0.05, 0) is 31.7 Å². The molecule has 0 saturated heterocycles. The smallest absolute Gasteiger partial charge is 0.152 e. The Labute approximate surface area is 114 Å². The van der Waals surface area contributed by atoms with E-state index >= 15 is 0 Å². The number of aromatic nitrogens is 3. The lowest BCUT2D eigenvalue weighted by atomic mass is 9.92. The fraction of sp³-hybridized carbons (Fsp3) is 0.600. The average molecular weight is 258 g/mol. The summed E-state index contributed by atoms with van der Waals surface area (Å²) in [6, 6.07) is 2.64. The summed E-state index contributed by atoms with van der Waals surface area (Å²) in [5, 5.41) is 8.19. The van der Waals surface area contributed by atoms with E-state index in [9.17, 15) is 0 Å². The molecule has 1 saturated carbocycles. The Kier molecular flexibility index (Phi) is 2.77. The molecule has 4 nitrogen and oxygen atoms in total. The van der Waals surface area contributed by atoms with Gasteiger partial charge in [-0.15, -0.1) is 0 Å². The zero-order valence-corrected chi connectivity index (χ0v) is 12.1. The predicted octanol–water partition coefficient (Wildman–Crippen LogP) is 3.24. The molecule has 1 N–H and O–H groups in total. The first kappa shape index (κ1) is 12.5. The molecule has 2 aromatic rings. The Balaban J connectivity index is 1.97. The van der Waals surface area contributed by atoms with Crippen molar-refractivity contribution in [2.24, 2.45) is 5.92 Å². The van der Waals surface area contributed by atoms with Gasteiger partial charge in [0.25, 0.3) is 0 Å². The Morgan fingerprint density at radius 3 is 2.74 bits per heavy atom. The van der Waals surface area contributed by atoms with Crippen LogP contribution >= 0.6 is 0 Å². The van der Waals surface area contributed by atoms with Crippen molar-refractivity contribution in [2.75, 3.05) is 5.32 Å². The molecule has 1 atom stereocenters. The van der Waals surface area contributed by atoms with E-state index in [0.29, 0.717) is 6.04 Å². The summed E-state index contributed by atoms with van der Waals surface area (Å²) in [5.74, 6) is 1.76. The lowest BCUT2D eigenvalue weighted by Crippen LogP contribution is -2.18. The Morgan fingerprint density at radius 1 is 1.37 bits per heavy atom. The Bertz CT molecular complexity index is 590. The minimum absolute atomic E-state index is 0.0609. The number of anilines is 1. The zero-order chi connectivity index (χ0) is 13.6. The number of hydrogen-bond acceptors (Lipinski definition) is 3. The van der Waals surface area contributed by atoms with Crippen molar-refractivity contribution in [1.29, 1.82) is 0 Å². The predicted molar refractivity (Wildman–Crippen MR) is 77.5 cm³/mol. The monoisotopic (exact) mass is 258 g/mol. The second-order valence-corrected chi connectivity index (χ2v) is 6.66. The molecule has 0 spiro atoms. The van der Waals surface area contributed by atoms with Crippen LogP contribution in [-0.4, -0.2) is 20.6 Å². The van der Waals surface area contributed by atoms with Crippen LogP contribution in [0.2, 0.25) is 0 Å². The summed E-state index contributed by atoms with van der Waals surface area (Å²) >= 11 is 0. The molecule has 0 radical (unpaired) electrons. The first-order valence-corrected chi connectivity index (χ1v) is 7.06. The van der Waals surface area contributed by atoms with Gasteiger partial charge in [0, 0.05) is 23.9 Å². The Hall–Kier alpha value is -1.58. The van der Waals surface area contributed by atoms with Crippen LogP contribution in [0.15, 0.2) is 18.5 Å². The van der Waals surface area contributed by atoms with Gasteiger partial charge in [0.1, 0.15) is 5.52 Å². The van der Waals surface area contributed by atoms with E-state index in [0.717, 1.165) is 22.9 Å². The standard InChI is InChI=1S/C15H22N4/c1-10(11-5-6-11)17-14-12-9-13(15(2,3)4)18-19(12)8-7-16-14/h7-11H,5-6H2,1-4H3,(H,16,17). The van der Waals surface area contributed by atoms with Crippen molar-refractivity contribution in [3.63, 3.8) is 0 Å². The highest BCUT2D eigenvalue weighted by Crippen LogP contribution is 2.34. The molecule has 4 heteroatoms. The maximum atomic E-state index is 4.65. The average Bonchev–Trinajstić information content (AvgIpc) is 3.07. The molecule has 102 valence electrons. The first-order valence-electron chi connectivity index (χ1n) is 7.06.